The molecule has 0 radical (unpaired) electrons. The Morgan fingerprint density at radius 3 is 2.95 bits per heavy atom. The second-order valence-corrected chi connectivity index (χ2v) is 6.33. The van der Waals surface area contributed by atoms with Gasteiger partial charge >= 0.3 is 0 Å². The Balaban J connectivity index is 1.89. The molecule has 1 fully saturated rings. The third-order valence-corrected chi connectivity index (χ3v) is 4.71. The average molecular weight is 295 g/mol. The van der Waals surface area contributed by atoms with Crippen molar-refractivity contribution in [3.8, 4) is 0 Å². The molecule has 0 amide bonds. The lowest BCUT2D eigenvalue weighted by Gasteiger charge is -2.30. The van der Waals surface area contributed by atoms with E-state index in [1.807, 2.05) is 18.2 Å². The lowest BCUT2D eigenvalue weighted by molar-refractivity contribution is 0.188. The first-order valence-corrected chi connectivity index (χ1v) is 8.33. The first-order valence-electron chi connectivity index (χ1n) is 7.95. The topological polar surface area (TPSA) is 29.3 Å². The number of nitrogens with zero attached hydrogens (tertiary/aromatic N) is 1. The summed E-state index contributed by atoms with van der Waals surface area (Å²) in [6.45, 7) is 4.65. The lowest BCUT2D eigenvalue weighted by atomic mass is 10.0. The van der Waals surface area contributed by atoms with Gasteiger partial charge in [0.1, 0.15) is 0 Å². The van der Waals surface area contributed by atoms with Crippen LogP contribution in [0.25, 0.3) is 0 Å². The second kappa shape index (κ2) is 8.02. The van der Waals surface area contributed by atoms with Crippen molar-refractivity contribution in [3.05, 3.63) is 34.9 Å². The molecule has 20 heavy (non-hydrogen) atoms. The largest absolute Gasteiger partial charge is 0.324 e. The van der Waals surface area contributed by atoms with Crippen LogP contribution in [0.5, 0.6) is 0 Å². The van der Waals surface area contributed by atoms with Crippen LogP contribution in [-0.4, -0.2) is 24.0 Å². The van der Waals surface area contributed by atoms with Crippen molar-refractivity contribution in [2.45, 2.75) is 57.5 Å². The van der Waals surface area contributed by atoms with E-state index in [0.717, 1.165) is 29.6 Å². The van der Waals surface area contributed by atoms with E-state index >= 15 is 0 Å². The van der Waals surface area contributed by atoms with Crippen LogP contribution in [0.4, 0.5) is 0 Å². The Bertz CT molecular complexity index is 408. The van der Waals surface area contributed by atoms with E-state index < -0.39 is 0 Å². The summed E-state index contributed by atoms with van der Waals surface area (Å²) in [6.07, 6.45) is 7.72. The maximum absolute atomic E-state index is 6.32. The molecule has 2 atom stereocenters. The lowest BCUT2D eigenvalue weighted by Crippen LogP contribution is -2.36. The minimum absolute atomic E-state index is 0.0921. The Labute approximate surface area is 128 Å². The maximum Gasteiger partial charge on any atom is 0.0409 e. The summed E-state index contributed by atoms with van der Waals surface area (Å²) < 4.78 is 0. The van der Waals surface area contributed by atoms with E-state index in [-0.39, 0.29) is 6.04 Å². The van der Waals surface area contributed by atoms with Crippen molar-refractivity contribution < 1.29 is 0 Å². The highest BCUT2D eigenvalue weighted by Gasteiger charge is 2.20. The van der Waals surface area contributed by atoms with E-state index in [0.29, 0.717) is 0 Å². The van der Waals surface area contributed by atoms with Crippen molar-refractivity contribution in [2.24, 2.45) is 5.73 Å². The first kappa shape index (κ1) is 15.8. The van der Waals surface area contributed by atoms with Crippen LogP contribution in [0.15, 0.2) is 24.3 Å². The summed E-state index contributed by atoms with van der Waals surface area (Å²) in [5, 5.41) is 0.777. The number of rotatable bonds is 5. The first-order chi connectivity index (χ1) is 9.70. The number of hydrogen-bond acceptors (Lipinski definition) is 2. The van der Waals surface area contributed by atoms with Crippen molar-refractivity contribution in [2.75, 3.05) is 13.1 Å². The summed E-state index contributed by atoms with van der Waals surface area (Å²) in [4.78, 5) is 2.65. The summed E-state index contributed by atoms with van der Waals surface area (Å²) in [5.41, 5.74) is 7.47. The van der Waals surface area contributed by atoms with Gasteiger partial charge in [0.15, 0.2) is 0 Å². The highest BCUT2D eigenvalue weighted by Crippen LogP contribution is 2.22. The van der Waals surface area contributed by atoms with Gasteiger partial charge in [0.25, 0.3) is 0 Å². The Morgan fingerprint density at radius 1 is 1.35 bits per heavy atom. The quantitative estimate of drug-likeness (QED) is 0.873. The normalized spacial score (nSPS) is 22.4. The van der Waals surface area contributed by atoms with Gasteiger partial charge in [0, 0.05) is 23.7 Å². The zero-order valence-electron chi connectivity index (χ0n) is 12.5. The molecule has 1 heterocycles. The van der Waals surface area contributed by atoms with Crippen molar-refractivity contribution in [3.63, 3.8) is 0 Å². The molecule has 1 aromatic rings. The van der Waals surface area contributed by atoms with Gasteiger partial charge in [0.2, 0.25) is 0 Å². The van der Waals surface area contributed by atoms with Gasteiger partial charge in [0.05, 0.1) is 0 Å². The third-order valence-electron chi connectivity index (χ3n) is 4.47. The molecule has 2 unspecified atom stereocenters. The number of nitrogens with two attached hydrogens (primary N) is 1. The zero-order chi connectivity index (χ0) is 14.4. The van der Waals surface area contributed by atoms with E-state index in [9.17, 15) is 0 Å². The van der Waals surface area contributed by atoms with Crippen molar-refractivity contribution in [1.29, 1.82) is 0 Å². The smallest absolute Gasteiger partial charge is 0.0409 e. The molecule has 0 aliphatic carbocycles. The molecule has 0 spiro atoms. The number of hydrogen-bond donors (Lipinski definition) is 1. The molecular weight excluding hydrogens is 268 g/mol. The van der Waals surface area contributed by atoms with Crippen LogP contribution in [0.2, 0.25) is 5.02 Å². The summed E-state index contributed by atoms with van der Waals surface area (Å²) in [5.74, 6) is 0. The molecule has 2 nitrogen and oxygen atoms in total. The minimum atomic E-state index is 0.0921. The minimum Gasteiger partial charge on any atom is -0.324 e. The molecule has 3 heteroatoms. The fourth-order valence-corrected chi connectivity index (χ4v) is 3.40. The summed E-state index contributed by atoms with van der Waals surface area (Å²) in [6, 6.07) is 8.80. The molecule has 2 rings (SSSR count). The molecule has 0 bridgehead atoms. The summed E-state index contributed by atoms with van der Waals surface area (Å²) >= 11 is 6.04. The van der Waals surface area contributed by atoms with Gasteiger partial charge in [-0.25, -0.2) is 0 Å². The SMILES string of the molecule is CCC1CCCCCN1CCC(N)c1cccc(Cl)c1. The van der Waals surface area contributed by atoms with Crippen LogP contribution in [-0.2, 0) is 0 Å². The standard InChI is InChI=1S/C17H27ClN2/c1-2-16-9-4-3-5-11-20(16)12-10-17(19)14-7-6-8-15(18)13-14/h6-8,13,16-17H,2-5,9-12,19H2,1H3. The fraction of sp³-hybridized carbons (Fsp3) is 0.647. The van der Waals surface area contributed by atoms with Crippen LogP contribution >= 0.6 is 11.6 Å². The van der Waals surface area contributed by atoms with Gasteiger partial charge in [-0.05, 0) is 49.9 Å². The van der Waals surface area contributed by atoms with Crippen LogP contribution in [0.1, 0.15) is 57.1 Å². The van der Waals surface area contributed by atoms with E-state index in [4.69, 9.17) is 17.3 Å². The van der Waals surface area contributed by atoms with E-state index in [1.54, 1.807) is 0 Å². The highest BCUT2D eigenvalue weighted by molar-refractivity contribution is 6.30. The number of halogens is 1. The van der Waals surface area contributed by atoms with Crippen LogP contribution in [0.3, 0.4) is 0 Å². The summed E-state index contributed by atoms with van der Waals surface area (Å²) in [7, 11) is 0. The molecule has 1 aliphatic heterocycles. The van der Waals surface area contributed by atoms with Crippen LogP contribution < -0.4 is 5.73 Å². The van der Waals surface area contributed by atoms with Crippen molar-refractivity contribution in [1.82, 2.24) is 4.90 Å². The van der Waals surface area contributed by atoms with Gasteiger partial charge in [-0.15, -0.1) is 0 Å². The van der Waals surface area contributed by atoms with E-state index in [1.165, 1.54) is 38.6 Å². The second-order valence-electron chi connectivity index (χ2n) is 5.90. The average Bonchev–Trinajstić information content (AvgIpc) is 2.69. The van der Waals surface area contributed by atoms with E-state index in [2.05, 4.69) is 17.9 Å². The molecular formula is C17H27ClN2. The predicted octanol–water partition coefficient (Wildman–Crippen LogP) is 4.38. The maximum atomic E-state index is 6.32. The molecule has 1 aliphatic rings. The van der Waals surface area contributed by atoms with Gasteiger partial charge in [-0.2, -0.15) is 0 Å². The molecule has 2 N–H and O–H groups in total. The molecule has 1 aromatic carbocycles. The van der Waals surface area contributed by atoms with Crippen LogP contribution in [0, 0.1) is 0 Å². The molecule has 0 aromatic heterocycles. The number of likely N-dealkylation sites (tertiary alicyclic amines) is 1. The Hall–Kier alpha value is -0.570. The predicted molar refractivity (Wildman–Crippen MR) is 87.1 cm³/mol. The third kappa shape index (κ3) is 4.47. The number of benzene rings is 1. The monoisotopic (exact) mass is 294 g/mol. The molecule has 1 saturated heterocycles. The fourth-order valence-electron chi connectivity index (χ4n) is 3.20. The Morgan fingerprint density at radius 2 is 2.20 bits per heavy atom. The van der Waals surface area contributed by atoms with Crippen molar-refractivity contribution >= 4 is 11.6 Å². The van der Waals surface area contributed by atoms with Gasteiger partial charge < -0.3 is 10.6 Å². The Kier molecular flexibility index (Phi) is 6.34. The van der Waals surface area contributed by atoms with Gasteiger partial charge in [-0.3, -0.25) is 0 Å². The molecule has 112 valence electrons. The highest BCUT2D eigenvalue weighted by atomic mass is 35.5. The zero-order valence-corrected chi connectivity index (χ0v) is 13.3. The van der Waals surface area contributed by atoms with Gasteiger partial charge in [-0.1, -0.05) is 43.5 Å². The molecule has 0 saturated carbocycles.